The fourth-order valence-corrected chi connectivity index (χ4v) is 4.87. The minimum Gasteiger partial charge on any atom is -0.338 e. The van der Waals surface area contributed by atoms with Crippen LogP contribution in [0, 0.1) is 12.8 Å². The summed E-state index contributed by atoms with van der Waals surface area (Å²) < 4.78 is 0. The van der Waals surface area contributed by atoms with Gasteiger partial charge in [0.1, 0.15) is 0 Å². The van der Waals surface area contributed by atoms with Crippen molar-refractivity contribution in [3.05, 3.63) is 28.8 Å². The van der Waals surface area contributed by atoms with Crippen LogP contribution in [0.25, 0.3) is 10.6 Å². The normalized spacial score (nSPS) is 22.8. The van der Waals surface area contributed by atoms with Crippen molar-refractivity contribution in [2.45, 2.75) is 39.2 Å². The topological polar surface area (TPSA) is 69.3 Å². The van der Waals surface area contributed by atoms with Gasteiger partial charge in [0.25, 0.3) is 5.91 Å². The first-order valence-electron chi connectivity index (χ1n) is 9.28. The smallest absolute Gasteiger partial charge is 0.274 e. The maximum absolute atomic E-state index is 13.0. The average molecular weight is 372 g/mol. The molecular formula is C19H24N4O2S. The lowest BCUT2D eigenvalue weighted by Crippen LogP contribution is -2.48. The van der Waals surface area contributed by atoms with Gasteiger partial charge < -0.3 is 9.80 Å². The van der Waals surface area contributed by atoms with E-state index in [2.05, 4.69) is 30.1 Å². The summed E-state index contributed by atoms with van der Waals surface area (Å²) in [5, 5.41) is 7.23. The molecule has 138 valence electrons. The quantitative estimate of drug-likeness (QED) is 0.897. The van der Waals surface area contributed by atoms with Crippen LogP contribution in [-0.4, -0.2) is 57.5 Å². The Kier molecular flexibility index (Phi) is 4.56. The monoisotopic (exact) mass is 372 g/mol. The van der Waals surface area contributed by atoms with Crippen LogP contribution in [0.1, 0.15) is 41.6 Å². The number of aromatic amines is 1. The highest BCUT2D eigenvalue weighted by atomic mass is 32.1. The maximum atomic E-state index is 13.0. The number of hydrogen-bond acceptors (Lipinski definition) is 4. The zero-order valence-electron chi connectivity index (χ0n) is 15.2. The van der Waals surface area contributed by atoms with E-state index in [0.717, 1.165) is 36.4 Å². The van der Waals surface area contributed by atoms with E-state index >= 15 is 0 Å². The van der Waals surface area contributed by atoms with Gasteiger partial charge >= 0.3 is 0 Å². The molecule has 0 unspecified atom stereocenters. The molecule has 5 rings (SSSR count). The number of rotatable bonds is 4. The van der Waals surface area contributed by atoms with Gasteiger partial charge in [0.05, 0.1) is 16.5 Å². The van der Waals surface area contributed by atoms with E-state index in [1.54, 1.807) is 11.3 Å². The number of nitrogens with zero attached hydrogens (tertiary/aromatic N) is 3. The fraction of sp³-hybridized carbons (Fsp3) is 0.526. The molecule has 0 saturated carbocycles. The van der Waals surface area contributed by atoms with E-state index in [9.17, 15) is 9.59 Å². The van der Waals surface area contributed by atoms with Gasteiger partial charge in [-0.3, -0.25) is 14.7 Å². The molecule has 0 aromatic carbocycles. The summed E-state index contributed by atoms with van der Waals surface area (Å²) >= 11 is 1.67. The van der Waals surface area contributed by atoms with E-state index in [-0.39, 0.29) is 23.8 Å². The van der Waals surface area contributed by atoms with Crippen molar-refractivity contribution in [3.8, 4) is 10.6 Å². The van der Waals surface area contributed by atoms with Gasteiger partial charge in [-0.25, -0.2) is 0 Å². The van der Waals surface area contributed by atoms with E-state index in [0.29, 0.717) is 18.8 Å². The minimum atomic E-state index is -0.0798. The minimum absolute atomic E-state index is 0.0670. The van der Waals surface area contributed by atoms with Gasteiger partial charge in [0.2, 0.25) is 5.91 Å². The largest absolute Gasteiger partial charge is 0.338 e. The lowest BCUT2D eigenvalue weighted by Gasteiger charge is -2.35. The molecule has 2 bridgehead atoms. The Bertz CT molecular complexity index is 827. The SMILES string of the molecule is CCCN1C(=O)[C@@H]2CC[C@H]1CN(C(=O)c1cc(-c3ccc(C)s3)[nH]n1)C2. The predicted octanol–water partition coefficient (Wildman–Crippen LogP) is 2.92. The van der Waals surface area contributed by atoms with E-state index in [1.807, 2.05) is 21.9 Å². The number of H-pyrrole nitrogens is 1. The molecule has 5 heterocycles. The van der Waals surface area contributed by atoms with Crippen LogP contribution in [0.3, 0.4) is 0 Å². The van der Waals surface area contributed by atoms with Crippen molar-refractivity contribution in [1.29, 1.82) is 0 Å². The average Bonchev–Trinajstić information content (AvgIpc) is 3.19. The van der Waals surface area contributed by atoms with Crippen molar-refractivity contribution in [2.75, 3.05) is 19.6 Å². The summed E-state index contributed by atoms with van der Waals surface area (Å²) in [5.41, 5.74) is 1.30. The molecule has 3 saturated heterocycles. The number of aryl methyl sites for hydroxylation is 1. The first-order valence-corrected chi connectivity index (χ1v) is 10.1. The summed E-state index contributed by atoms with van der Waals surface area (Å²) in [6, 6.07) is 6.06. The van der Waals surface area contributed by atoms with Crippen molar-refractivity contribution < 1.29 is 9.59 Å². The standard InChI is InChI=1S/C19H24N4O2S/c1-3-8-23-14-6-5-13(18(23)24)10-22(11-14)19(25)16-9-15(20-21-16)17-7-4-12(2)26-17/h4,7,9,13-14H,3,5-6,8,10-11H2,1-2H3,(H,20,21)/t13-,14+/m1/s1. The second-order valence-corrected chi connectivity index (χ2v) is 8.53. The third-order valence-corrected chi connectivity index (χ3v) is 6.38. The molecule has 0 aliphatic carbocycles. The number of piperidine rings is 1. The van der Waals surface area contributed by atoms with Crippen LogP contribution >= 0.6 is 11.3 Å². The number of carbonyl (C=O) groups is 2. The fourth-order valence-electron chi connectivity index (χ4n) is 4.04. The second-order valence-electron chi connectivity index (χ2n) is 7.25. The van der Waals surface area contributed by atoms with Gasteiger partial charge in [-0.2, -0.15) is 5.10 Å². The van der Waals surface area contributed by atoms with Crippen molar-refractivity contribution in [3.63, 3.8) is 0 Å². The third-order valence-electron chi connectivity index (χ3n) is 5.35. The van der Waals surface area contributed by atoms with Crippen molar-refractivity contribution in [2.24, 2.45) is 5.92 Å². The van der Waals surface area contributed by atoms with Crippen LogP contribution in [0.15, 0.2) is 18.2 Å². The molecule has 2 atom stereocenters. The molecular weight excluding hydrogens is 348 g/mol. The first kappa shape index (κ1) is 17.3. The molecule has 3 fully saturated rings. The van der Waals surface area contributed by atoms with Crippen LogP contribution in [0.2, 0.25) is 0 Å². The van der Waals surface area contributed by atoms with Crippen LogP contribution in [0.4, 0.5) is 0 Å². The number of carbonyl (C=O) groups excluding carboxylic acids is 2. The molecule has 2 amide bonds. The molecule has 26 heavy (non-hydrogen) atoms. The Hall–Kier alpha value is -2.15. The molecule has 3 aliphatic heterocycles. The number of fused-ring (bicyclic) bond motifs is 4. The number of nitrogens with one attached hydrogen (secondary N) is 1. The zero-order chi connectivity index (χ0) is 18.3. The Balaban J connectivity index is 1.54. The molecule has 7 heteroatoms. The van der Waals surface area contributed by atoms with Crippen LogP contribution < -0.4 is 0 Å². The number of aromatic nitrogens is 2. The molecule has 1 N–H and O–H groups in total. The molecule has 0 spiro atoms. The van der Waals surface area contributed by atoms with Crippen LogP contribution in [0.5, 0.6) is 0 Å². The van der Waals surface area contributed by atoms with Gasteiger partial charge in [0, 0.05) is 30.6 Å². The van der Waals surface area contributed by atoms with Crippen LogP contribution in [-0.2, 0) is 4.79 Å². The Morgan fingerprint density at radius 2 is 2.19 bits per heavy atom. The molecule has 3 aliphatic rings. The number of thiophene rings is 1. The lowest BCUT2D eigenvalue weighted by atomic mass is 9.94. The van der Waals surface area contributed by atoms with Gasteiger partial charge in [0.15, 0.2) is 5.69 Å². The summed E-state index contributed by atoms with van der Waals surface area (Å²) in [6.45, 7) is 6.05. The summed E-state index contributed by atoms with van der Waals surface area (Å²) in [7, 11) is 0. The Morgan fingerprint density at radius 1 is 1.35 bits per heavy atom. The highest BCUT2D eigenvalue weighted by Gasteiger charge is 2.41. The highest BCUT2D eigenvalue weighted by Crippen LogP contribution is 2.31. The maximum Gasteiger partial charge on any atom is 0.274 e. The second kappa shape index (κ2) is 6.87. The van der Waals surface area contributed by atoms with Gasteiger partial charge in [-0.15, -0.1) is 11.3 Å². The molecule has 0 radical (unpaired) electrons. The first-order chi connectivity index (χ1) is 12.6. The van der Waals surface area contributed by atoms with E-state index in [4.69, 9.17) is 0 Å². The van der Waals surface area contributed by atoms with Crippen molar-refractivity contribution >= 4 is 23.2 Å². The molecule has 2 aromatic heterocycles. The van der Waals surface area contributed by atoms with Crippen molar-refractivity contribution in [1.82, 2.24) is 20.0 Å². The number of amides is 2. The summed E-state index contributed by atoms with van der Waals surface area (Å²) in [6.07, 6.45) is 2.82. The predicted molar refractivity (Wildman–Crippen MR) is 101 cm³/mol. The highest BCUT2D eigenvalue weighted by molar-refractivity contribution is 7.15. The third kappa shape index (κ3) is 3.05. The van der Waals surface area contributed by atoms with E-state index < -0.39 is 0 Å². The summed E-state index contributed by atoms with van der Waals surface area (Å²) in [5.74, 6) is 0.0709. The lowest BCUT2D eigenvalue weighted by molar-refractivity contribution is -0.139. The van der Waals surface area contributed by atoms with E-state index in [1.165, 1.54) is 4.88 Å². The molecule has 6 nitrogen and oxygen atoms in total. The number of hydrogen-bond donors (Lipinski definition) is 1. The zero-order valence-corrected chi connectivity index (χ0v) is 16.0. The summed E-state index contributed by atoms with van der Waals surface area (Å²) in [4.78, 5) is 31.8. The Labute approximate surface area is 157 Å². The van der Waals surface area contributed by atoms with Gasteiger partial charge in [-0.05, 0) is 44.4 Å². The molecule has 2 aromatic rings. The van der Waals surface area contributed by atoms with Gasteiger partial charge in [-0.1, -0.05) is 6.92 Å². The Morgan fingerprint density at radius 3 is 2.92 bits per heavy atom.